The van der Waals surface area contributed by atoms with Gasteiger partial charge in [0.05, 0.1) is 18.8 Å². The van der Waals surface area contributed by atoms with Crippen LogP contribution in [0.2, 0.25) is 0 Å². The molecule has 0 amide bonds. The maximum Gasteiger partial charge on any atom is 0.161 e. The fourth-order valence-corrected chi connectivity index (χ4v) is 5.52. The van der Waals surface area contributed by atoms with Gasteiger partial charge >= 0.3 is 0 Å². The number of hydrogen-bond acceptors (Lipinski definition) is 6. The molecular formula is C31H40N2O4. The second kappa shape index (κ2) is 13.0. The van der Waals surface area contributed by atoms with Crippen LogP contribution in [0.15, 0.2) is 48.7 Å². The number of nitrogen functional groups attached to an aromatic ring is 1. The third kappa shape index (κ3) is 7.28. The van der Waals surface area contributed by atoms with Crippen LogP contribution in [0.3, 0.4) is 0 Å². The molecule has 0 saturated heterocycles. The van der Waals surface area contributed by atoms with Crippen LogP contribution in [0.1, 0.15) is 68.9 Å². The van der Waals surface area contributed by atoms with Gasteiger partial charge in [0.25, 0.3) is 0 Å². The molecule has 6 nitrogen and oxygen atoms in total. The molecule has 37 heavy (non-hydrogen) atoms. The van der Waals surface area contributed by atoms with Crippen LogP contribution in [-0.2, 0) is 6.42 Å². The van der Waals surface area contributed by atoms with Gasteiger partial charge in [-0.25, -0.2) is 4.98 Å². The van der Waals surface area contributed by atoms with E-state index in [1.165, 1.54) is 0 Å². The molecule has 0 bridgehead atoms. The van der Waals surface area contributed by atoms with Crippen LogP contribution in [0.25, 0.3) is 0 Å². The summed E-state index contributed by atoms with van der Waals surface area (Å²) in [5, 5.41) is 32.6. The number of anilines is 1. The van der Waals surface area contributed by atoms with E-state index in [0.717, 1.165) is 49.7 Å². The average molecular weight is 505 g/mol. The second-order valence-electron chi connectivity index (χ2n) is 10.4. The number of phenols is 1. The lowest BCUT2D eigenvalue weighted by Gasteiger charge is -2.31. The Balaban J connectivity index is 1.46. The summed E-state index contributed by atoms with van der Waals surface area (Å²) in [5.74, 6) is 7.68. The smallest absolute Gasteiger partial charge is 0.161 e. The van der Waals surface area contributed by atoms with E-state index in [2.05, 4.69) is 35.9 Å². The number of fused-ring (bicyclic) bond motifs is 1. The van der Waals surface area contributed by atoms with Crippen molar-refractivity contribution < 1.29 is 20.1 Å². The van der Waals surface area contributed by atoms with E-state index in [-0.39, 0.29) is 23.5 Å². The van der Waals surface area contributed by atoms with Crippen LogP contribution in [0, 0.1) is 29.6 Å². The lowest BCUT2D eigenvalue weighted by molar-refractivity contribution is -0.00705. The molecule has 198 valence electrons. The number of aromatic nitrogens is 1. The molecule has 0 unspecified atom stereocenters. The predicted octanol–water partition coefficient (Wildman–Crippen LogP) is 4.98. The quantitative estimate of drug-likeness (QED) is 0.241. The number of nitrogens with two attached hydrogens (primary N) is 1. The number of hydrogen-bond donors (Lipinski definition) is 4. The molecule has 1 aromatic carbocycles. The maximum absolute atomic E-state index is 11.3. The van der Waals surface area contributed by atoms with Crippen LogP contribution in [0.5, 0.6) is 11.5 Å². The number of aromatic hydroxyl groups is 1. The highest BCUT2D eigenvalue weighted by atomic mass is 16.5. The molecule has 6 atom stereocenters. The summed E-state index contributed by atoms with van der Waals surface area (Å²) < 4.78 is 5.93. The summed E-state index contributed by atoms with van der Waals surface area (Å²) in [5.41, 5.74) is 7.81. The first-order valence-electron chi connectivity index (χ1n) is 13.7. The van der Waals surface area contributed by atoms with Crippen LogP contribution < -0.4 is 10.5 Å². The molecule has 1 heterocycles. The van der Waals surface area contributed by atoms with Crippen molar-refractivity contribution in [2.24, 2.45) is 17.8 Å². The van der Waals surface area contributed by atoms with E-state index in [1.54, 1.807) is 12.3 Å². The van der Waals surface area contributed by atoms with Gasteiger partial charge in [0.1, 0.15) is 5.82 Å². The third-order valence-electron chi connectivity index (χ3n) is 7.72. The second-order valence-corrected chi connectivity index (χ2v) is 10.4. The van der Waals surface area contributed by atoms with E-state index in [9.17, 15) is 15.3 Å². The molecule has 0 radical (unpaired) electrons. The molecular weight excluding hydrogens is 464 g/mol. The molecule has 1 aromatic heterocycles. The number of aliphatic hydroxyl groups is 2. The Kier molecular flexibility index (Phi) is 9.49. The molecule has 4 rings (SSSR count). The van der Waals surface area contributed by atoms with E-state index in [1.807, 2.05) is 24.3 Å². The minimum absolute atomic E-state index is 0.0636. The van der Waals surface area contributed by atoms with Gasteiger partial charge in [0, 0.05) is 29.9 Å². The molecule has 2 aliphatic carbocycles. The molecule has 2 aromatic rings. The predicted molar refractivity (Wildman–Crippen MR) is 146 cm³/mol. The summed E-state index contributed by atoms with van der Waals surface area (Å²) in [6, 6.07) is 9.18. The Labute approximate surface area is 220 Å². The van der Waals surface area contributed by atoms with Crippen molar-refractivity contribution in [3.63, 3.8) is 0 Å². The van der Waals surface area contributed by atoms with Gasteiger partial charge in [-0.2, -0.15) is 0 Å². The number of ether oxygens (including phenoxy) is 1. The third-order valence-corrected chi connectivity index (χ3v) is 7.72. The standard InChI is InChI=1S/C31H40N2O4/c1-2-21-6-3-4-8-27(35)31-23(10-9-21)11-12-24(19-28(31)36)25-13-14-26(34)29(20-25)37-17-5-7-22-15-16-33-30(32)18-22/h11-16,18,20-21,23-24,27-28,31,34-36H,2-8,17,19H2,1H3,(H2,32,33)/t21-,23+,24+,27-,28+,31+/m0/s1. The van der Waals surface area contributed by atoms with Crippen molar-refractivity contribution in [2.45, 2.75) is 76.4 Å². The number of phenolic OH excluding ortho intramolecular Hbond substituents is 1. The van der Waals surface area contributed by atoms with Gasteiger partial charge in [-0.05, 0) is 73.9 Å². The monoisotopic (exact) mass is 504 g/mol. The zero-order chi connectivity index (χ0) is 26.2. The Morgan fingerprint density at radius 2 is 1.89 bits per heavy atom. The zero-order valence-electron chi connectivity index (χ0n) is 21.7. The Morgan fingerprint density at radius 3 is 2.70 bits per heavy atom. The Hall–Kier alpha value is -3.01. The zero-order valence-corrected chi connectivity index (χ0v) is 21.7. The van der Waals surface area contributed by atoms with Gasteiger partial charge in [-0.1, -0.05) is 49.8 Å². The van der Waals surface area contributed by atoms with Crippen molar-refractivity contribution in [3.8, 4) is 23.3 Å². The van der Waals surface area contributed by atoms with Gasteiger partial charge in [0.15, 0.2) is 11.5 Å². The molecule has 6 heteroatoms. The molecule has 0 saturated carbocycles. The van der Waals surface area contributed by atoms with Crippen LogP contribution >= 0.6 is 0 Å². The molecule has 2 aliphatic rings. The van der Waals surface area contributed by atoms with E-state index < -0.39 is 12.2 Å². The first kappa shape index (κ1) is 27.0. The number of allylic oxidation sites excluding steroid dienone is 2. The molecule has 0 fully saturated rings. The maximum atomic E-state index is 11.3. The summed E-state index contributed by atoms with van der Waals surface area (Å²) >= 11 is 0. The Bertz CT molecular complexity index is 1120. The first-order valence-corrected chi connectivity index (χ1v) is 13.7. The first-order chi connectivity index (χ1) is 17.9. The van der Waals surface area contributed by atoms with Gasteiger partial charge in [-0.15, -0.1) is 0 Å². The molecule has 0 spiro atoms. The molecule has 0 aliphatic heterocycles. The van der Waals surface area contributed by atoms with Crippen LogP contribution in [-0.4, -0.2) is 39.1 Å². The van der Waals surface area contributed by atoms with E-state index in [4.69, 9.17) is 10.5 Å². The topological polar surface area (TPSA) is 109 Å². The largest absolute Gasteiger partial charge is 0.504 e. The fourth-order valence-electron chi connectivity index (χ4n) is 5.52. The normalized spacial score (nSPS) is 27.9. The number of nitrogens with zero attached hydrogens (tertiary/aromatic N) is 1. The van der Waals surface area contributed by atoms with Gasteiger partial charge in [0.2, 0.25) is 0 Å². The van der Waals surface area contributed by atoms with Gasteiger partial charge in [-0.3, -0.25) is 0 Å². The summed E-state index contributed by atoms with van der Waals surface area (Å²) in [6.07, 6.45) is 11.5. The minimum atomic E-state index is -0.681. The highest BCUT2D eigenvalue weighted by Crippen LogP contribution is 2.38. The van der Waals surface area contributed by atoms with E-state index in [0.29, 0.717) is 36.9 Å². The molecule has 5 N–H and O–H groups in total. The summed E-state index contributed by atoms with van der Waals surface area (Å²) in [6.45, 7) is 2.62. The van der Waals surface area contributed by atoms with Crippen LogP contribution in [0.4, 0.5) is 5.82 Å². The van der Waals surface area contributed by atoms with Gasteiger partial charge < -0.3 is 25.8 Å². The number of benzene rings is 1. The number of aliphatic hydroxyl groups excluding tert-OH is 2. The van der Waals surface area contributed by atoms with Crippen molar-refractivity contribution in [2.75, 3.05) is 12.3 Å². The average Bonchev–Trinajstić information content (AvgIpc) is 3.05. The minimum Gasteiger partial charge on any atom is -0.504 e. The number of pyridine rings is 1. The summed E-state index contributed by atoms with van der Waals surface area (Å²) in [7, 11) is 0. The summed E-state index contributed by atoms with van der Waals surface area (Å²) in [4.78, 5) is 4.01. The SMILES string of the molecule is CC[C@@H]1C#C[C@@H]2C=C[C@@H](c3ccc(O)c(OCCCc4ccnc(N)c4)c3)C[C@@H](O)[C@H]2[C@@H](O)CCCC1. The number of aryl methyl sites for hydroxylation is 1. The van der Waals surface area contributed by atoms with Crippen molar-refractivity contribution >= 4 is 5.82 Å². The van der Waals surface area contributed by atoms with E-state index >= 15 is 0 Å². The number of rotatable bonds is 7. The van der Waals surface area contributed by atoms with Crippen molar-refractivity contribution in [1.29, 1.82) is 0 Å². The highest BCUT2D eigenvalue weighted by molar-refractivity contribution is 5.44. The lowest BCUT2D eigenvalue weighted by Crippen LogP contribution is -2.36. The highest BCUT2D eigenvalue weighted by Gasteiger charge is 2.36. The fraction of sp³-hybridized carbons (Fsp3) is 0.516. The lowest BCUT2D eigenvalue weighted by atomic mass is 9.79. The van der Waals surface area contributed by atoms with Crippen molar-refractivity contribution in [3.05, 3.63) is 59.8 Å². The van der Waals surface area contributed by atoms with Crippen molar-refractivity contribution in [1.82, 2.24) is 4.98 Å². The Morgan fingerprint density at radius 1 is 1.05 bits per heavy atom.